The molecule has 1 aromatic rings. The van der Waals surface area contributed by atoms with Crippen molar-refractivity contribution in [2.45, 2.75) is 32.8 Å². The summed E-state index contributed by atoms with van der Waals surface area (Å²) in [6.45, 7) is 3.93. The van der Waals surface area contributed by atoms with Gasteiger partial charge < -0.3 is 5.11 Å². The average molecular weight is 213 g/mol. The van der Waals surface area contributed by atoms with E-state index in [2.05, 4.69) is 6.92 Å². The second-order valence-electron chi connectivity index (χ2n) is 3.70. The predicted molar refractivity (Wildman–Crippen MR) is 60.6 cm³/mol. The highest BCUT2D eigenvalue weighted by atomic mass is 35.5. The van der Waals surface area contributed by atoms with E-state index in [1.165, 1.54) is 0 Å². The first-order valence-corrected chi connectivity index (χ1v) is 5.44. The molecule has 78 valence electrons. The number of aliphatic hydroxyl groups is 1. The van der Waals surface area contributed by atoms with Gasteiger partial charge in [-0.05, 0) is 30.9 Å². The van der Waals surface area contributed by atoms with Crippen molar-refractivity contribution in [1.29, 1.82) is 0 Å². The van der Waals surface area contributed by atoms with Crippen LogP contribution in [0.4, 0.5) is 0 Å². The Labute approximate surface area is 90.7 Å². The fourth-order valence-electron chi connectivity index (χ4n) is 1.60. The van der Waals surface area contributed by atoms with Crippen LogP contribution in [0.1, 0.15) is 25.8 Å². The number of aliphatic hydroxyl groups excluding tert-OH is 1. The third-order valence-electron chi connectivity index (χ3n) is 2.65. The summed E-state index contributed by atoms with van der Waals surface area (Å²) in [4.78, 5) is 0. The van der Waals surface area contributed by atoms with Gasteiger partial charge in [0.15, 0.2) is 0 Å². The summed E-state index contributed by atoms with van der Waals surface area (Å²) >= 11 is 6.05. The Hall–Kier alpha value is -0.530. The van der Waals surface area contributed by atoms with Gasteiger partial charge in [-0.15, -0.1) is 0 Å². The molecule has 2 unspecified atom stereocenters. The molecule has 0 saturated carbocycles. The molecule has 0 aromatic heterocycles. The van der Waals surface area contributed by atoms with Crippen molar-refractivity contribution >= 4 is 11.6 Å². The van der Waals surface area contributed by atoms with Crippen molar-refractivity contribution in [1.82, 2.24) is 0 Å². The van der Waals surface area contributed by atoms with Gasteiger partial charge in [-0.25, -0.2) is 0 Å². The summed E-state index contributed by atoms with van der Waals surface area (Å²) in [6.07, 6.45) is 1.56. The maximum atomic E-state index is 9.52. The molecule has 0 aliphatic heterocycles. The maximum Gasteiger partial charge on any atom is 0.0543 e. The van der Waals surface area contributed by atoms with Crippen molar-refractivity contribution in [3.05, 3.63) is 34.9 Å². The van der Waals surface area contributed by atoms with Gasteiger partial charge in [0, 0.05) is 5.02 Å². The highest BCUT2D eigenvalue weighted by Gasteiger charge is 2.14. The smallest absolute Gasteiger partial charge is 0.0543 e. The third-order valence-corrected chi connectivity index (χ3v) is 3.02. The second-order valence-corrected chi connectivity index (χ2v) is 4.11. The quantitative estimate of drug-likeness (QED) is 0.812. The largest absolute Gasteiger partial charge is 0.393 e. The molecular formula is C12H17ClO. The van der Waals surface area contributed by atoms with Gasteiger partial charge in [-0.1, -0.05) is 43.1 Å². The summed E-state index contributed by atoms with van der Waals surface area (Å²) in [5.74, 6) is 0.301. The van der Waals surface area contributed by atoms with Crippen LogP contribution in [-0.2, 0) is 6.42 Å². The Morgan fingerprint density at radius 3 is 2.50 bits per heavy atom. The van der Waals surface area contributed by atoms with Crippen LogP contribution in [0.5, 0.6) is 0 Å². The van der Waals surface area contributed by atoms with Gasteiger partial charge in [0.25, 0.3) is 0 Å². The Balaban J connectivity index is 2.72. The fraction of sp³-hybridized carbons (Fsp3) is 0.500. The van der Waals surface area contributed by atoms with Gasteiger partial charge >= 0.3 is 0 Å². The molecule has 0 amide bonds. The summed E-state index contributed by atoms with van der Waals surface area (Å²) in [5.41, 5.74) is 1.13. The number of benzene rings is 1. The zero-order valence-electron chi connectivity index (χ0n) is 8.70. The van der Waals surface area contributed by atoms with Gasteiger partial charge in [-0.3, -0.25) is 0 Å². The SMILES string of the molecule is CCC(Cc1ccccc1Cl)C(C)O. The lowest BCUT2D eigenvalue weighted by atomic mass is 9.92. The van der Waals surface area contributed by atoms with Crippen LogP contribution < -0.4 is 0 Å². The van der Waals surface area contributed by atoms with E-state index < -0.39 is 0 Å². The first-order chi connectivity index (χ1) is 6.65. The molecule has 0 aliphatic carbocycles. The molecule has 1 N–H and O–H groups in total. The van der Waals surface area contributed by atoms with Crippen molar-refractivity contribution in [2.75, 3.05) is 0 Å². The Bertz CT molecular complexity index is 283. The normalized spacial score (nSPS) is 15.1. The number of rotatable bonds is 4. The molecule has 0 aliphatic rings. The molecule has 0 radical (unpaired) electrons. The summed E-state index contributed by atoms with van der Waals surface area (Å²) < 4.78 is 0. The number of hydrogen-bond donors (Lipinski definition) is 1. The van der Waals surface area contributed by atoms with E-state index in [9.17, 15) is 5.11 Å². The van der Waals surface area contributed by atoms with Crippen molar-refractivity contribution in [3.63, 3.8) is 0 Å². The van der Waals surface area contributed by atoms with Gasteiger partial charge in [0.1, 0.15) is 0 Å². The van der Waals surface area contributed by atoms with Crippen LogP contribution in [0.25, 0.3) is 0 Å². The van der Waals surface area contributed by atoms with E-state index in [1.807, 2.05) is 31.2 Å². The number of halogens is 1. The molecule has 1 aromatic carbocycles. The predicted octanol–water partition coefficient (Wildman–Crippen LogP) is 3.29. The van der Waals surface area contributed by atoms with Crippen molar-refractivity contribution < 1.29 is 5.11 Å². The Morgan fingerprint density at radius 1 is 1.36 bits per heavy atom. The summed E-state index contributed by atoms with van der Waals surface area (Å²) in [5, 5.41) is 10.3. The van der Waals surface area contributed by atoms with Gasteiger partial charge in [0.2, 0.25) is 0 Å². The van der Waals surface area contributed by atoms with E-state index in [-0.39, 0.29) is 6.10 Å². The van der Waals surface area contributed by atoms with Crippen LogP contribution in [0.2, 0.25) is 5.02 Å². The van der Waals surface area contributed by atoms with Crippen LogP contribution in [0, 0.1) is 5.92 Å². The van der Waals surface area contributed by atoms with Crippen LogP contribution >= 0.6 is 11.6 Å². The molecule has 1 rings (SSSR count). The molecule has 14 heavy (non-hydrogen) atoms. The summed E-state index contributed by atoms with van der Waals surface area (Å²) in [6, 6.07) is 7.82. The van der Waals surface area contributed by atoms with E-state index in [4.69, 9.17) is 11.6 Å². The fourth-order valence-corrected chi connectivity index (χ4v) is 1.82. The minimum absolute atomic E-state index is 0.267. The molecule has 2 heteroatoms. The zero-order valence-corrected chi connectivity index (χ0v) is 9.46. The first-order valence-electron chi connectivity index (χ1n) is 5.06. The average Bonchev–Trinajstić information content (AvgIpc) is 2.16. The monoisotopic (exact) mass is 212 g/mol. The highest BCUT2D eigenvalue weighted by molar-refractivity contribution is 6.31. The third kappa shape index (κ3) is 3.00. The molecule has 0 fully saturated rings. The van der Waals surface area contributed by atoms with Crippen molar-refractivity contribution in [3.8, 4) is 0 Å². The van der Waals surface area contributed by atoms with E-state index in [1.54, 1.807) is 0 Å². The molecular weight excluding hydrogens is 196 g/mol. The minimum Gasteiger partial charge on any atom is -0.393 e. The number of hydrogen-bond acceptors (Lipinski definition) is 1. The van der Waals surface area contributed by atoms with Crippen LogP contribution in [0.15, 0.2) is 24.3 Å². The molecule has 2 atom stereocenters. The maximum absolute atomic E-state index is 9.52. The molecule has 0 bridgehead atoms. The first kappa shape index (κ1) is 11.5. The second kappa shape index (κ2) is 5.38. The van der Waals surface area contributed by atoms with Crippen molar-refractivity contribution in [2.24, 2.45) is 5.92 Å². The van der Waals surface area contributed by atoms with Gasteiger partial charge in [0.05, 0.1) is 6.10 Å². The highest BCUT2D eigenvalue weighted by Crippen LogP contribution is 2.22. The lowest BCUT2D eigenvalue weighted by molar-refractivity contribution is 0.123. The van der Waals surface area contributed by atoms with E-state index in [0.717, 1.165) is 23.4 Å². The zero-order chi connectivity index (χ0) is 10.6. The molecule has 0 spiro atoms. The standard InChI is InChI=1S/C12H17ClO/c1-3-10(9(2)14)8-11-6-4-5-7-12(11)13/h4-7,9-10,14H,3,8H2,1-2H3. The minimum atomic E-state index is -0.267. The molecule has 0 heterocycles. The Kier molecular flexibility index (Phi) is 4.43. The lowest BCUT2D eigenvalue weighted by Gasteiger charge is -2.18. The molecule has 1 nitrogen and oxygen atoms in total. The topological polar surface area (TPSA) is 20.2 Å². The van der Waals surface area contributed by atoms with Gasteiger partial charge in [-0.2, -0.15) is 0 Å². The van der Waals surface area contributed by atoms with Crippen LogP contribution in [0.3, 0.4) is 0 Å². The Morgan fingerprint density at radius 2 is 2.00 bits per heavy atom. The van der Waals surface area contributed by atoms with Crippen LogP contribution in [-0.4, -0.2) is 11.2 Å². The molecule has 0 saturated heterocycles. The van der Waals surface area contributed by atoms with E-state index >= 15 is 0 Å². The lowest BCUT2D eigenvalue weighted by Crippen LogP contribution is -2.18. The van der Waals surface area contributed by atoms with E-state index in [0.29, 0.717) is 5.92 Å². The summed E-state index contributed by atoms with van der Waals surface area (Å²) in [7, 11) is 0.